The molecule has 0 radical (unpaired) electrons. The van der Waals surface area contributed by atoms with Gasteiger partial charge in [0.1, 0.15) is 0 Å². The fourth-order valence-electron chi connectivity index (χ4n) is 2.83. The molecule has 1 heterocycles. The van der Waals surface area contributed by atoms with Gasteiger partial charge in [-0.05, 0) is 30.2 Å². The van der Waals surface area contributed by atoms with Crippen LogP contribution in [0.15, 0.2) is 42.6 Å². The average molecular weight is 355 g/mol. The predicted molar refractivity (Wildman–Crippen MR) is 95.2 cm³/mol. The third-order valence-corrected chi connectivity index (χ3v) is 4.20. The maximum atomic E-state index is 13.7. The summed E-state index contributed by atoms with van der Waals surface area (Å²) in [5, 5.41) is 0.792. The van der Waals surface area contributed by atoms with Crippen LogP contribution in [0.3, 0.4) is 0 Å². The van der Waals surface area contributed by atoms with Crippen molar-refractivity contribution in [3.63, 3.8) is 0 Å². The number of halogens is 1. The Balaban J connectivity index is 1.73. The highest BCUT2D eigenvalue weighted by molar-refractivity contribution is 6.09. The number of aromatic amines is 1. The summed E-state index contributed by atoms with van der Waals surface area (Å²) in [5.74, 6) is -1.74. The zero-order valence-electron chi connectivity index (χ0n) is 14.5. The first-order chi connectivity index (χ1) is 12.5. The number of Topliss-reactive ketones (excluding diaryl/α,β-unsaturated/α-hetero) is 1. The second-order valence-electron chi connectivity index (χ2n) is 5.74. The monoisotopic (exact) mass is 355 g/mol. The summed E-state index contributed by atoms with van der Waals surface area (Å²) in [6.45, 7) is 1.61. The summed E-state index contributed by atoms with van der Waals surface area (Å²) < 4.78 is 23.5. The van der Waals surface area contributed by atoms with Crippen molar-refractivity contribution in [1.29, 1.82) is 0 Å². The largest absolute Gasteiger partial charge is 0.494 e. The molecule has 2 aromatic carbocycles. The van der Waals surface area contributed by atoms with E-state index < -0.39 is 18.4 Å². The fourth-order valence-corrected chi connectivity index (χ4v) is 2.83. The smallest absolute Gasteiger partial charge is 0.338 e. The highest BCUT2D eigenvalue weighted by atomic mass is 19.1. The van der Waals surface area contributed by atoms with Crippen LogP contribution in [0, 0.1) is 5.82 Å². The van der Waals surface area contributed by atoms with Gasteiger partial charge < -0.3 is 14.5 Å². The number of esters is 1. The second kappa shape index (κ2) is 7.39. The van der Waals surface area contributed by atoms with Crippen molar-refractivity contribution in [1.82, 2.24) is 4.98 Å². The van der Waals surface area contributed by atoms with E-state index in [1.807, 2.05) is 25.1 Å². The minimum atomic E-state index is -0.769. The number of fused-ring (bicyclic) bond motifs is 1. The first-order valence-electron chi connectivity index (χ1n) is 8.18. The molecule has 5 nitrogen and oxygen atoms in total. The van der Waals surface area contributed by atoms with Crippen LogP contribution in [0.5, 0.6) is 5.75 Å². The molecule has 0 saturated carbocycles. The van der Waals surface area contributed by atoms with E-state index in [9.17, 15) is 14.0 Å². The van der Waals surface area contributed by atoms with E-state index in [-0.39, 0.29) is 17.1 Å². The van der Waals surface area contributed by atoms with Crippen molar-refractivity contribution in [2.24, 2.45) is 0 Å². The van der Waals surface area contributed by atoms with Gasteiger partial charge in [-0.25, -0.2) is 9.18 Å². The summed E-state index contributed by atoms with van der Waals surface area (Å²) >= 11 is 0. The van der Waals surface area contributed by atoms with Gasteiger partial charge in [-0.2, -0.15) is 0 Å². The Bertz CT molecular complexity index is 977. The van der Waals surface area contributed by atoms with Gasteiger partial charge in [-0.1, -0.05) is 25.1 Å². The molecular formula is C20H18FNO4. The number of para-hydroxylation sites is 1. The quantitative estimate of drug-likeness (QED) is 0.538. The van der Waals surface area contributed by atoms with Crippen molar-refractivity contribution in [2.75, 3.05) is 13.7 Å². The van der Waals surface area contributed by atoms with Crippen LogP contribution in [-0.4, -0.2) is 30.5 Å². The first kappa shape index (κ1) is 17.7. The summed E-state index contributed by atoms with van der Waals surface area (Å²) in [6, 6.07) is 9.46. The van der Waals surface area contributed by atoms with Crippen LogP contribution >= 0.6 is 0 Å². The number of H-pyrrole nitrogens is 1. The molecule has 3 rings (SSSR count). The lowest BCUT2D eigenvalue weighted by atomic mass is 10.1. The summed E-state index contributed by atoms with van der Waals surface area (Å²) in [6.07, 6.45) is 2.45. The van der Waals surface area contributed by atoms with E-state index in [1.54, 1.807) is 6.20 Å². The number of benzene rings is 2. The lowest BCUT2D eigenvalue weighted by molar-refractivity contribution is 0.0474. The standard InChI is InChI=1S/C20H18FNO4/c1-3-12-5-4-6-14-15(10-22-19(12)14)17(23)11-26-20(24)13-7-8-18(25-2)16(21)9-13/h4-10,22H,3,11H2,1-2H3. The predicted octanol–water partition coefficient (Wildman–Crippen LogP) is 3.92. The molecule has 0 amide bonds. The Morgan fingerprint density at radius 2 is 2.00 bits per heavy atom. The Kier molecular flexibility index (Phi) is 5.02. The molecule has 6 heteroatoms. The number of aryl methyl sites for hydroxylation is 1. The Hall–Kier alpha value is -3.15. The van der Waals surface area contributed by atoms with E-state index in [1.165, 1.54) is 19.2 Å². The van der Waals surface area contributed by atoms with Gasteiger partial charge in [0.05, 0.1) is 12.7 Å². The van der Waals surface area contributed by atoms with Crippen molar-refractivity contribution in [2.45, 2.75) is 13.3 Å². The van der Waals surface area contributed by atoms with Crippen LogP contribution in [0.25, 0.3) is 10.9 Å². The van der Waals surface area contributed by atoms with E-state index >= 15 is 0 Å². The molecule has 0 saturated heterocycles. The molecule has 1 N–H and O–H groups in total. The highest BCUT2D eigenvalue weighted by Gasteiger charge is 2.17. The number of nitrogens with one attached hydrogen (secondary N) is 1. The number of hydrogen-bond donors (Lipinski definition) is 1. The Morgan fingerprint density at radius 3 is 2.69 bits per heavy atom. The topological polar surface area (TPSA) is 68.4 Å². The van der Waals surface area contributed by atoms with Crippen molar-refractivity contribution in [3.05, 3.63) is 65.1 Å². The van der Waals surface area contributed by atoms with E-state index in [0.29, 0.717) is 5.56 Å². The third kappa shape index (κ3) is 3.31. The van der Waals surface area contributed by atoms with Gasteiger partial charge >= 0.3 is 5.97 Å². The highest BCUT2D eigenvalue weighted by Crippen LogP contribution is 2.23. The normalized spacial score (nSPS) is 10.7. The number of hydrogen-bond acceptors (Lipinski definition) is 4. The maximum absolute atomic E-state index is 13.7. The van der Waals surface area contributed by atoms with Gasteiger partial charge in [0, 0.05) is 22.7 Å². The zero-order valence-corrected chi connectivity index (χ0v) is 14.5. The third-order valence-electron chi connectivity index (χ3n) is 4.20. The number of methoxy groups -OCH3 is 1. The molecule has 0 fully saturated rings. The maximum Gasteiger partial charge on any atom is 0.338 e. The average Bonchev–Trinajstić information content (AvgIpc) is 3.10. The molecule has 0 aliphatic carbocycles. The molecule has 0 aliphatic heterocycles. The molecule has 1 aromatic heterocycles. The van der Waals surface area contributed by atoms with Crippen LogP contribution in [0.4, 0.5) is 4.39 Å². The molecule has 0 unspecified atom stereocenters. The molecule has 0 bridgehead atoms. The number of carbonyl (C=O) groups is 2. The van der Waals surface area contributed by atoms with Crippen LogP contribution in [-0.2, 0) is 11.2 Å². The molecule has 0 atom stereocenters. The van der Waals surface area contributed by atoms with Crippen molar-refractivity contribution in [3.8, 4) is 5.75 Å². The van der Waals surface area contributed by atoms with Crippen molar-refractivity contribution >= 4 is 22.7 Å². The van der Waals surface area contributed by atoms with E-state index in [0.717, 1.165) is 29.0 Å². The number of rotatable bonds is 6. The summed E-state index contributed by atoms with van der Waals surface area (Å²) in [7, 11) is 1.33. The Labute approximate surface area is 149 Å². The van der Waals surface area contributed by atoms with Crippen LogP contribution in [0.2, 0.25) is 0 Å². The number of carbonyl (C=O) groups excluding carboxylic acids is 2. The summed E-state index contributed by atoms with van der Waals surface area (Å²) in [4.78, 5) is 27.6. The molecular weight excluding hydrogens is 337 g/mol. The van der Waals surface area contributed by atoms with Gasteiger partial charge in [0.15, 0.2) is 18.2 Å². The number of aromatic nitrogens is 1. The van der Waals surface area contributed by atoms with E-state index in [4.69, 9.17) is 9.47 Å². The molecule has 26 heavy (non-hydrogen) atoms. The van der Waals surface area contributed by atoms with Crippen molar-refractivity contribution < 1.29 is 23.5 Å². The van der Waals surface area contributed by atoms with Crippen LogP contribution in [0.1, 0.15) is 33.2 Å². The van der Waals surface area contributed by atoms with Crippen LogP contribution < -0.4 is 4.74 Å². The number of ketones is 1. The molecule has 0 spiro atoms. The van der Waals surface area contributed by atoms with Gasteiger partial charge in [0.2, 0.25) is 5.78 Å². The molecule has 134 valence electrons. The minimum Gasteiger partial charge on any atom is -0.494 e. The number of ether oxygens (including phenoxy) is 2. The first-order valence-corrected chi connectivity index (χ1v) is 8.18. The molecule has 0 aliphatic rings. The lowest BCUT2D eigenvalue weighted by Gasteiger charge is -2.06. The Morgan fingerprint density at radius 1 is 1.19 bits per heavy atom. The van der Waals surface area contributed by atoms with E-state index in [2.05, 4.69) is 4.98 Å². The van der Waals surface area contributed by atoms with Gasteiger partial charge in [-0.15, -0.1) is 0 Å². The second-order valence-corrected chi connectivity index (χ2v) is 5.74. The minimum absolute atomic E-state index is 0.0169. The lowest BCUT2D eigenvalue weighted by Crippen LogP contribution is -2.14. The molecule has 3 aromatic rings. The van der Waals surface area contributed by atoms with Gasteiger partial charge in [-0.3, -0.25) is 4.79 Å². The fraction of sp³-hybridized carbons (Fsp3) is 0.200. The van der Waals surface area contributed by atoms with Gasteiger partial charge in [0.25, 0.3) is 0 Å². The zero-order chi connectivity index (χ0) is 18.7. The SMILES string of the molecule is CCc1cccc2c(C(=O)COC(=O)c3ccc(OC)c(F)c3)c[nH]c12. The summed E-state index contributed by atoms with van der Waals surface area (Å²) in [5.41, 5.74) is 2.49.